The van der Waals surface area contributed by atoms with E-state index in [4.69, 9.17) is 23.2 Å². The van der Waals surface area contributed by atoms with Crippen molar-refractivity contribution in [1.29, 1.82) is 0 Å². The molecule has 0 amide bonds. The largest absolute Gasteiger partial charge is 0.326 e. The second-order valence-electron chi connectivity index (χ2n) is 4.83. The zero-order chi connectivity index (χ0) is 14.4. The second kappa shape index (κ2) is 8.16. The molecule has 0 saturated carbocycles. The highest BCUT2D eigenvalue weighted by Crippen LogP contribution is 2.26. The van der Waals surface area contributed by atoms with Crippen molar-refractivity contribution in [3.05, 3.63) is 29.0 Å². The van der Waals surface area contributed by atoms with Gasteiger partial charge in [0.2, 0.25) is 0 Å². The number of aryl methyl sites for hydroxylation is 1. The van der Waals surface area contributed by atoms with Crippen molar-refractivity contribution in [2.75, 3.05) is 12.0 Å². The summed E-state index contributed by atoms with van der Waals surface area (Å²) in [5.74, 6) is 2.60. The first kappa shape index (κ1) is 16.0. The summed E-state index contributed by atoms with van der Waals surface area (Å²) in [6.07, 6.45) is 7.14. The van der Waals surface area contributed by atoms with E-state index in [9.17, 15) is 0 Å². The molecule has 110 valence electrons. The number of alkyl halides is 1. The first-order valence-electron chi connectivity index (χ1n) is 6.96. The Labute approximate surface area is 134 Å². The van der Waals surface area contributed by atoms with E-state index in [0.717, 1.165) is 34.8 Å². The van der Waals surface area contributed by atoms with Crippen molar-refractivity contribution in [2.24, 2.45) is 0 Å². The number of halogens is 2. The summed E-state index contributed by atoms with van der Waals surface area (Å²) in [6, 6.07) is 5.84. The van der Waals surface area contributed by atoms with E-state index >= 15 is 0 Å². The van der Waals surface area contributed by atoms with E-state index in [2.05, 4.69) is 15.8 Å². The van der Waals surface area contributed by atoms with Crippen LogP contribution in [0.2, 0.25) is 5.02 Å². The predicted octanol–water partition coefficient (Wildman–Crippen LogP) is 5.35. The van der Waals surface area contributed by atoms with Gasteiger partial charge in [-0.2, -0.15) is 11.8 Å². The molecule has 2 rings (SSSR count). The summed E-state index contributed by atoms with van der Waals surface area (Å²) in [5.41, 5.74) is 1.96. The van der Waals surface area contributed by atoms with E-state index in [1.807, 2.05) is 30.0 Å². The summed E-state index contributed by atoms with van der Waals surface area (Å²) in [4.78, 5) is 4.56. The van der Waals surface area contributed by atoms with Crippen LogP contribution in [0, 0.1) is 0 Å². The van der Waals surface area contributed by atoms with Gasteiger partial charge in [-0.15, -0.1) is 11.6 Å². The summed E-state index contributed by atoms with van der Waals surface area (Å²) in [5, 5.41) is 0.758. The Kier molecular flexibility index (Phi) is 6.53. The molecule has 0 aliphatic carbocycles. The Morgan fingerprint density at radius 1 is 1.20 bits per heavy atom. The topological polar surface area (TPSA) is 17.8 Å². The number of nitrogens with zero attached hydrogens (tertiary/aromatic N) is 2. The molecule has 1 aromatic heterocycles. The molecule has 5 heteroatoms. The zero-order valence-electron chi connectivity index (χ0n) is 11.7. The normalized spacial score (nSPS) is 11.3. The molecule has 20 heavy (non-hydrogen) atoms. The third-order valence-corrected chi connectivity index (χ3v) is 4.64. The monoisotopic (exact) mass is 330 g/mol. The number of hydrogen-bond donors (Lipinski definition) is 0. The van der Waals surface area contributed by atoms with Crippen LogP contribution in [0.5, 0.6) is 0 Å². The maximum Gasteiger partial charge on any atom is 0.124 e. The minimum Gasteiger partial charge on any atom is -0.326 e. The molecule has 0 atom stereocenters. The lowest BCUT2D eigenvalue weighted by molar-refractivity contribution is 0.582. The molecule has 0 N–H and O–H groups in total. The van der Waals surface area contributed by atoms with Crippen LogP contribution in [0.1, 0.15) is 31.5 Å². The summed E-state index contributed by atoms with van der Waals surface area (Å²) < 4.78 is 2.18. The zero-order valence-corrected chi connectivity index (χ0v) is 14.1. The molecule has 2 nitrogen and oxygen atoms in total. The molecule has 0 bridgehead atoms. The maximum atomic E-state index is 6.31. The van der Waals surface area contributed by atoms with Crippen LogP contribution in [0.25, 0.3) is 11.0 Å². The fraction of sp³-hybridized carbons (Fsp3) is 0.533. The Morgan fingerprint density at radius 2 is 2.00 bits per heavy atom. The average molecular weight is 331 g/mol. The van der Waals surface area contributed by atoms with Gasteiger partial charge in [-0.3, -0.25) is 0 Å². The number of aromatic nitrogens is 2. The Balaban J connectivity index is 2.04. The molecular formula is C15H20Cl2N2S. The molecule has 0 radical (unpaired) electrons. The molecule has 0 saturated heterocycles. The number of hydrogen-bond acceptors (Lipinski definition) is 2. The molecule has 0 fully saturated rings. The SMILES string of the molecule is CSCCCCCCn1c(CCl)nc2cccc(Cl)c21. The van der Waals surface area contributed by atoms with Gasteiger partial charge in [0.1, 0.15) is 5.82 Å². The molecule has 0 spiro atoms. The highest BCUT2D eigenvalue weighted by Gasteiger charge is 2.12. The van der Waals surface area contributed by atoms with Crippen LogP contribution >= 0.6 is 35.0 Å². The van der Waals surface area contributed by atoms with E-state index in [1.165, 1.54) is 25.0 Å². The van der Waals surface area contributed by atoms with Gasteiger partial charge in [0.15, 0.2) is 0 Å². The van der Waals surface area contributed by atoms with E-state index in [-0.39, 0.29) is 0 Å². The quantitative estimate of drug-likeness (QED) is 0.479. The average Bonchev–Trinajstić information content (AvgIpc) is 2.82. The van der Waals surface area contributed by atoms with E-state index in [1.54, 1.807) is 0 Å². The van der Waals surface area contributed by atoms with Gasteiger partial charge in [-0.05, 0) is 37.0 Å². The molecule has 1 aromatic carbocycles. The minimum atomic E-state index is 0.428. The predicted molar refractivity (Wildman–Crippen MR) is 91.2 cm³/mol. The Hall–Kier alpha value is -0.380. The highest BCUT2D eigenvalue weighted by atomic mass is 35.5. The molecule has 0 unspecified atom stereocenters. The van der Waals surface area contributed by atoms with Crippen molar-refractivity contribution in [3.8, 4) is 0 Å². The number of benzene rings is 1. The summed E-state index contributed by atoms with van der Waals surface area (Å²) in [6.45, 7) is 0.946. The van der Waals surface area contributed by atoms with E-state index < -0.39 is 0 Å². The van der Waals surface area contributed by atoms with Crippen molar-refractivity contribution >= 4 is 46.0 Å². The van der Waals surface area contributed by atoms with Gasteiger partial charge < -0.3 is 4.57 Å². The maximum absolute atomic E-state index is 6.31. The lowest BCUT2D eigenvalue weighted by atomic mass is 10.2. The van der Waals surface area contributed by atoms with Gasteiger partial charge in [-0.1, -0.05) is 30.5 Å². The third-order valence-electron chi connectivity index (χ3n) is 3.40. The lowest BCUT2D eigenvalue weighted by Gasteiger charge is -2.08. The van der Waals surface area contributed by atoms with Gasteiger partial charge >= 0.3 is 0 Å². The molecule has 1 heterocycles. The van der Waals surface area contributed by atoms with Gasteiger partial charge in [-0.25, -0.2) is 4.98 Å². The van der Waals surface area contributed by atoms with Crippen LogP contribution in [0.3, 0.4) is 0 Å². The molecular weight excluding hydrogens is 311 g/mol. The van der Waals surface area contributed by atoms with Gasteiger partial charge in [0.05, 0.1) is 21.9 Å². The van der Waals surface area contributed by atoms with Crippen LogP contribution in [-0.4, -0.2) is 21.6 Å². The van der Waals surface area contributed by atoms with Crippen molar-refractivity contribution in [3.63, 3.8) is 0 Å². The number of para-hydroxylation sites is 1. The third kappa shape index (κ3) is 3.84. The molecule has 0 aliphatic rings. The van der Waals surface area contributed by atoms with Crippen LogP contribution in [0.15, 0.2) is 18.2 Å². The van der Waals surface area contributed by atoms with Crippen molar-refractivity contribution in [1.82, 2.24) is 9.55 Å². The lowest BCUT2D eigenvalue weighted by Crippen LogP contribution is -2.03. The van der Waals surface area contributed by atoms with Crippen molar-refractivity contribution in [2.45, 2.75) is 38.1 Å². The first-order valence-corrected chi connectivity index (χ1v) is 9.27. The molecule has 0 aliphatic heterocycles. The van der Waals surface area contributed by atoms with Crippen molar-refractivity contribution < 1.29 is 0 Å². The number of thioether (sulfide) groups is 1. The number of rotatable bonds is 8. The fourth-order valence-electron chi connectivity index (χ4n) is 2.40. The molecule has 2 aromatic rings. The second-order valence-corrected chi connectivity index (χ2v) is 6.49. The Morgan fingerprint density at radius 3 is 2.75 bits per heavy atom. The smallest absolute Gasteiger partial charge is 0.124 e. The number of imidazole rings is 1. The standard InChI is InChI=1S/C15H20Cl2N2S/c1-20-10-5-3-2-4-9-19-14(11-16)18-13-8-6-7-12(17)15(13)19/h6-8H,2-5,9-11H2,1H3. The van der Waals surface area contributed by atoms with Crippen LogP contribution in [-0.2, 0) is 12.4 Å². The fourth-order valence-corrected chi connectivity index (χ4v) is 3.37. The van der Waals surface area contributed by atoms with Crippen LogP contribution in [0.4, 0.5) is 0 Å². The highest BCUT2D eigenvalue weighted by molar-refractivity contribution is 7.98. The summed E-state index contributed by atoms with van der Waals surface area (Å²) >= 11 is 14.2. The number of fused-ring (bicyclic) bond motifs is 1. The van der Waals surface area contributed by atoms with E-state index in [0.29, 0.717) is 5.88 Å². The van der Waals surface area contributed by atoms with Gasteiger partial charge in [0.25, 0.3) is 0 Å². The summed E-state index contributed by atoms with van der Waals surface area (Å²) in [7, 11) is 0. The van der Waals surface area contributed by atoms with Gasteiger partial charge in [0, 0.05) is 6.54 Å². The Bertz CT molecular complexity index is 554. The first-order chi connectivity index (χ1) is 9.77. The van der Waals surface area contributed by atoms with Crippen LogP contribution < -0.4 is 0 Å². The number of unbranched alkanes of at least 4 members (excludes halogenated alkanes) is 3. The minimum absolute atomic E-state index is 0.428.